The molecule has 0 saturated heterocycles. The van der Waals surface area contributed by atoms with E-state index in [-0.39, 0.29) is 5.41 Å². The molecule has 0 unspecified atom stereocenters. The fraction of sp³-hybridized carbons (Fsp3) is 0.0526. The van der Waals surface area contributed by atoms with E-state index in [1.54, 1.807) is 0 Å². The molecule has 11 aromatic rings. The number of hydrogen-bond donors (Lipinski definition) is 0. The second-order valence-corrected chi connectivity index (χ2v) is 16.5. The van der Waals surface area contributed by atoms with Crippen LogP contribution in [0.1, 0.15) is 25.0 Å². The fourth-order valence-corrected chi connectivity index (χ4v) is 9.96. The largest absolute Gasteiger partial charge is 0.309 e. The molecule has 0 amide bonds. The number of para-hydroxylation sites is 3. The molecular formula is C57H39N3. The molecule has 9 aromatic carbocycles. The first kappa shape index (κ1) is 34.4. The average Bonchev–Trinajstić information content (AvgIpc) is 3.76. The van der Waals surface area contributed by atoms with Crippen LogP contribution in [0.3, 0.4) is 0 Å². The highest BCUT2D eigenvalue weighted by molar-refractivity contribution is 6.14. The number of fused-ring (bicyclic) bond motifs is 8. The Hall–Kier alpha value is -7.62. The van der Waals surface area contributed by atoms with Gasteiger partial charge in [-0.2, -0.15) is 0 Å². The summed E-state index contributed by atoms with van der Waals surface area (Å²) in [7, 11) is 0. The zero-order chi connectivity index (χ0) is 40.0. The summed E-state index contributed by atoms with van der Waals surface area (Å²) in [6.45, 7) is 4.74. The zero-order valence-electron chi connectivity index (χ0n) is 33.4. The van der Waals surface area contributed by atoms with Crippen molar-refractivity contribution >= 4 is 43.4 Å². The molecule has 0 atom stereocenters. The molecule has 0 spiro atoms. The molecule has 2 aromatic heterocycles. The van der Waals surface area contributed by atoms with Gasteiger partial charge in [-0.1, -0.05) is 178 Å². The Bertz CT molecular complexity index is 3500. The minimum atomic E-state index is -0.124. The van der Waals surface area contributed by atoms with E-state index in [1.165, 1.54) is 60.3 Å². The average molecular weight is 766 g/mol. The number of aromatic nitrogens is 3. The van der Waals surface area contributed by atoms with E-state index in [2.05, 4.69) is 213 Å². The number of hydrogen-bond acceptors (Lipinski definition) is 2. The summed E-state index contributed by atoms with van der Waals surface area (Å²) >= 11 is 0. The van der Waals surface area contributed by atoms with Crippen LogP contribution in [0.5, 0.6) is 0 Å². The van der Waals surface area contributed by atoms with Crippen LogP contribution < -0.4 is 0 Å². The molecular weight excluding hydrogens is 727 g/mol. The van der Waals surface area contributed by atoms with Crippen molar-refractivity contribution in [3.05, 3.63) is 211 Å². The van der Waals surface area contributed by atoms with Gasteiger partial charge < -0.3 is 4.57 Å². The third-order valence-corrected chi connectivity index (χ3v) is 12.8. The topological polar surface area (TPSA) is 30.7 Å². The third-order valence-electron chi connectivity index (χ3n) is 12.8. The second kappa shape index (κ2) is 13.2. The Kier molecular flexibility index (Phi) is 7.58. The van der Waals surface area contributed by atoms with Gasteiger partial charge in [-0.15, -0.1) is 0 Å². The Morgan fingerprint density at radius 1 is 0.400 bits per heavy atom. The summed E-state index contributed by atoms with van der Waals surface area (Å²) in [5.74, 6) is 0.697. The highest BCUT2D eigenvalue weighted by Crippen LogP contribution is 2.54. The van der Waals surface area contributed by atoms with Gasteiger partial charge in [0.15, 0.2) is 5.82 Å². The first-order chi connectivity index (χ1) is 29.5. The molecule has 0 radical (unpaired) electrons. The van der Waals surface area contributed by atoms with Crippen molar-refractivity contribution in [1.29, 1.82) is 0 Å². The molecule has 3 heteroatoms. The molecule has 3 nitrogen and oxygen atoms in total. The monoisotopic (exact) mass is 765 g/mol. The minimum absolute atomic E-state index is 0.124. The van der Waals surface area contributed by atoms with Crippen LogP contribution >= 0.6 is 0 Å². The quantitative estimate of drug-likeness (QED) is 0.175. The number of benzene rings is 9. The van der Waals surface area contributed by atoms with E-state index in [1.807, 2.05) is 6.07 Å². The van der Waals surface area contributed by atoms with Crippen LogP contribution in [0.15, 0.2) is 200 Å². The first-order valence-corrected chi connectivity index (χ1v) is 20.7. The molecule has 1 aliphatic rings. The fourth-order valence-electron chi connectivity index (χ4n) is 9.96. The van der Waals surface area contributed by atoms with Crippen LogP contribution in [0.2, 0.25) is 0 Å². The van der Waals surface area contributed by atoms with Gasteiger partial charge >= 0.3 is 0 Å². The Balaban J connectivity index is 1.10. The zero-order valence-corrected chi connectivity index (χ0v) is 33.4. The van der Waals surface area contributed by atoms with Crippen molar-refractivity contribution in [2.24, 2.45) is 0 Å². The Labute approximate surface area is 348 Å². The lowest BCUT2D eigenvalue weighted by Crippen LogP contribution is -2.14. The summed E-state index contributed by atoms with van der Waals surface area (Å²) in [6.07, 6.45) is 0. The molecule has 0 N–H and O–H groups in total. The maximum absolute atomic E-state index is 5.37. The summed E-state index contributed by atoms with van der Waals surface area (Å²) in [4.78, 5) is 10.7. The number of rotatable bonds is 5. The molecule has 12 rings (SSSR count). The molecule has 0 bridgehead atoms. The van der Waals surface area contributed by atoms with Crippen LogP contribution in [-0.4, -0.2) is 14.5 Å². The highest BCUT2D eigenvalue weighted by atomic mass is 15.0. The maximum Gasteiger partial charge on any atom is 0.160 e. The standard InChI is InChI=1S/C57H39N3/c1-57(2)49-29-16-26-45(54(49)48-33-37-19-9-10-20-38(37)34-50(48)57)42-31-32-43(41-24-12-11-23-40(41)42)51-35-52(59-56(58-51)36-17-5-3-6-18-36)47-28-15-27-46-44-25-13-14-30-53(44)60(55(46)47)39-21-7-4-8-22-39/h3-35H,1-2H3. The van der Waals surface area contributed by atoms with E-state index in [9.17, 15) is 0 Å². The van der Waals surface area contributed by atoms with E-state index < -0.39 is 0 Å². The van der Waals surface area contributed by atoms with E-state index in [4.69, 9.17) is 9.97 Å². The lowest BCUT2D eigenvalue weighted by Gasteiger charge is -2.22. The maximum atomic E-state index is 5.37. The van der Waals surface area contributed by atoms with Crippen molar-refractivity contribution < 1.29 is 0 Å². The molecule has 282 valence electrons. The molecule has 2 heterocycles. The lowest BCUT2D eigenvalue weighted by atomic mass is 9.81. The minimum Gasteiger partial charge on any atom is -0.309 e. The number of nitrogens with zero attached hydrogens (tertiary/aromatic N) is 3. The SMILES string of the molecule is CC1(C)c2cc3ccccc3cc2-c2c(-c3ccc(-c4cc(-c5cccc6c7ccccc7n(-c7ccccc7)c56)nc(-c5ccccc5)n4)c4ccccc34)cccc21. The Morgan fingerprint density at radius 3 is 1.77 bits per heavy atom. The van der Waals surface area contributed by atoms with Crippen molar-refractivity contribution in [1.82, 2.24) is 14.5 Å². The van der Waals surface area contributed by atoms with Crippen molar-refractivity contribution in [2.75, 3.05) is 0 Å². The van der Waals surface area contributed by atoms with Crippen molar-refractivity contribution in [3.63, 3.8) is 0 Å². The van der Waals surface area contributed by atoms with Crippen molar-refractivity contribution in [2.45, 2.75) is 19.3 Å². The molecule has 0 saturated carbocycles. The molecule has 0 aliphatic heterocycles. The molecule has 0 fully saturated rings. The third kappa shape index (κ3) is 5.15. The molecule has 1 aliphatic carbocycles. The predicted molar refractivity (Wildman–Crippen MR) is 251 cm³/mol. The first-order valence-electron chi connectivity index (χ1n) is 20.7. The van der Waals surface area contributed by atoms with Gasteiger partial charge in [-0.3, -0.25) is 0 Å². The van der Waals surface area contributed by atoms with Gasteiger partial charge in [0.2, 0.25) is 0 Å². The van der Waals surface area contributed by atoms with Crippen LogP contribution in [-0.2, 0) is 5.41 Å². The second-order valence-electron chi connectivity index (χ2n) is 16.5. The van der Waals surface area contributed by atoms with Gasteiger partial charge in [-0.25, -0.2) is 9.97 Å². The summed E-state index contributed by atoms with van der Waals surface area (Å²) in [5.41, 5.74) is 16.0. The van der Waals surface area contributed by atoms with Gasteiger partial charge in [0.25, 0.3) is 0 Å². The smallest absolute Gasteiger partial charge is 0.160 e. The normalized spacial score (nSPS) is 13.0. The van der Waals surface area contributed by atoms with Crippen LogP contribution in [0.4, 0.5) is 0 Å². The van der Waals surface area contributed by atoms with E-state index in [0.717, 1.165) is 50.2 Å². The predicted octanol–water partition coefficient (Wildman–Crippen LogP) is 14.9. The van der Waals surface area contributed by atoms with E-state index >= 15 is 0 Å². The van der Waals surface area contributed by atoms with Gasteiger partial charge in [0.1, 0.15) is 0 Å². The van der Waals surface area contributed by atoms with Crippen molar-refractivity contribution in [3.8, 4) is 61.8 Å². The van der Waals surface area contributed by atoms with Crippen LogP contribution in [0.25, 0.3) is 105 Å². The lowest BCUT2D eigenvalue weighted by molar-refractivity contribution is 0.661. The van der Waals surface area contributed by atoms with Gasteiger partial charge in [0.05, 0.1) is 22.4 Å². The highest BCUT2D eigenvalue weighted by Gasteiger charge is 2.37. The van der Waals surface area contributed by atoms with Gasteiger partial charge in [0, 0.05) is 38.6 Å². The van der Waals surface area contributed by atoms with E-state index in [0.29, 0.717) is 5.82 Å². The van der Waals surface area contributed by atoms with Crippen LogP contribution in [0, 0.1) is 0 Å². The summed E-state index contributed by atoms with van der Waals surface area (Å²) in [6, 6.07) is 72.3. The summed E-state index contributed by atoms with van der Waals surface area (Å²) in [5, 5.41) is 7.31. The summed E-state index contributed by atoms with van der Waals surface area (Å²) < 4.78 is 2.38. The molecule has 60 heavy (non-hydrogen) atoms. The van der Waals surface area contributed by atoms with Gasteiger partial charge in [-0.05, 0) is 91.3 Å². The Morgan fingerprint density at radius 2 is 0.983 bits per heavy atom.